The molecule has 0 bridgehead atoms. The lowest BCUT2D eigenvalue weighted by Crippen LogP contribution is -2.24. The molecule has 1 N–H and O–H groups in total. The molecule has 0 aliphatic heterocycles. The molecule has 1 aromatic rings. The molecule has 1 aliphatic rings. The first-order valence-corrected chi connectivity index (χ1v) is 8.05. The minimum Gasteiger partial charge on any atom is -0.496 e. The van der Waals surface area contributed by atoms with E-state index in [-0.39, 0.29) is 0 Å². The summed E-state index contributed by atoms with van der Waals surface area (Å²) in [5.74, 6) is 2.46. The van der Waals surface area contributed by atoms with Crippen LogP contribution in [-0.4, -0.2) is 20.7 Å². The Labute approximate surface area is 123 Å². The van der Waals surface area contributed by atoms with Gasteiger partial charge in [-0.3, -0.25) is 0 Å². The largest absolute Gasteiger partial charge is 0.496 e. The van der Waals surface area contributed by atoms with Crippen molar-refractivity contribution in [3.05, 3.63) is 29.3 Å². The molecule has 2 nitrogen and oxygen atoms in total. The second-order valence-corrected chi connectivity index (χ2v) is 6.14. The Bertz CT molecular complexity index is 408. The Morgan fingerprint density at radius 3 is 2.50 bits per heavy atom. The number of hydrogen-bond donors (Lipinski definition) is 1. The number of nitrogens with one attached hydrogen (secondary N) is 1. The quantitative estimate of drug-likeness (QED) is 0.810. The molecule has 20 heavy (non-hydrogen) atoms. The van der Waals surface area contributed by atoms with Gasteiger partial charge in [0.05, 0.1) is 7.11 Å². The fourth-order valence-corrected chi connectivity index (χ4v) is 3.56. The summed E-state index contributed by atoms with van der Waals surface area (Å²) in [7, 11) is 3.83. The van der Waals surface area contributed by atoms with E-state index in [9.17, 15) is 0 Å². The van der Waals surface area contributed by atoms with E-state index in [0.717, 1.165) is 18.2 Å². The maximum absolute atomic E-state index is 5.51. The smallest absolute Gasteiger partial charge is 0.122 e. The van der Waals surface area contributed by atoms with Gasteiger partial charge in [-0.2, -0.15) is 0 Å². The normalized spacial score (nSPS) is 18.6. The molecular weight excluding hydrogens is 246 g/mol. The first-order chi connectivity index (χ1) is 9.76. The predicted molar refractivity (Wildman–Crippen MR) is 85.6 cm³/mol. The van der Waals surface area contributed by atoms with Crippen molar-refractivity contribution in [2.24, 2.45) is 5.92 Å². The average molecular weight is 275 g/mol. The molecule has 0 amide bonds. The molecule has 112 valence electrons. The Balaban J connectivity index is 2.22. The van der Waals surface area contributed by atoms with Crippen molar-refractivity contribution in [2.45, 2.75) is 51.4 Å². The van der Waals surface area contributed by atoms with E-state index in [1.807, 2.05) is 0 Å². The molecule has 2 rings (SSSR count). The summed E-state index contributed by atoms with van der Waals surface area (Å²) in [5, 5.41) is 3.40. The van der Waals surface area contributed by atoms with Crippen LogP contribution in [0.1, 0.15) is 55.6 Å². The highest BCUT2D eigenvalue weighted by Crippen LogP contribution is 2.36. The minimum atomic E-state index is 0.618. The van der Waals surface area contributed by atoms with Gasteiger partial charge in [0.15, 0.2) is 0 Å². The highest BCUT2D eigenvalue weighted by Gasteiger charge is 2.24. The number of methoxy groups -OCH3 is 1. The first kappa shape index (κ1) is 15.4. The van der Waals surface area contributed by atoms with E-state index in [2.05, 4.69) is 37.5 Å². The van der Waals surface area contributed by atoms with Gasteiger partial charge in [0.2, 0.25) is 0 Å². The molecule has 0 heterocycles. The van der Waals surface area contributed by atoms with Crippen molar-refractivity contribution >= 4 is 0 Å². The summed E-state index contributed by atoms with van der Waals surface area (Å²) < 4.78 is 5.51. The monoisotopic (exact) mass is 275 g/mol. The Morgan fingerprint density at radius 2 is 1.90 bits per heavy atom. The van der Waals surface area contributed by atoms with Gasteiger partial charge in [-0.05, 0) is 55.8 Å². The van der Waals surface area contributed by atoms with Crippen LogP contribution in [0.3, 0.4) is 0 Å². The van der Waals surface area contributed by atoms with Gasteiger partial charge < -0.3 is 10.1 Å². The molecule has 0 saturated heterocycles. The Kier molecular flexibility index (Phi) is 5.90. The van der Waals surface area contributed by atoms with Gasteiger partial charge in [0, 0.05) is 6.54 Å². The molecule has 2 heteroatoms. The van der Waals surface area contributed by atoms with Crippen molar-refractivity contribution < 1.29 is 4.74 Å². The maximum atomic E-state index is 5.51. The van der Waals surface area contributed by atoms with Gasteiger partial charge >= 0.3 is 0 Å². The topological polar surface area (TPSA) is 21.3 Å². The molecule has 1 aromatic carbocycles. The van der Waals surface area contributed by atoms with Crippen LogP contribution in [0, 0.1) is 12.8 Å². The van der Waals surface area contributed by atoms with E-state index in [1.165, 1.54) is 49.7 Å². The van der Waals surface area contributed by atoms with E-state index in [1.54, 1.807) is 7.11 Å². The molecule has 0 radical (unpaired) electrons. The number of aryl methyl sites for hydroxylation is 1. The van der Waals surface area contributed by atoms with Gasteiger partial charge in [-0.25, -0.2) is 0 Å². The van der Waals surface area contributed by atoms with Crippen LogP contribution >= 0.6 is 0 Å². The summed E-state index contributed by atoms with van der Waals surface area (Å²) in [6.45, 7) is 3.18. The zero-order valence-electron chi connectivity index (χ0n) is 13.2. The van der Waals surface area contributed by atoms with Crippen LogP contribution in [0.5, 0.6) is 5.75 Å². The van der Waals surface area contributed by atoms with Gasteiger partial charge in [0.25, 0.3) is 0 Å². The van der Waals surface area contributed by atoms with Crippen LogP contribution in [-0.2, 0) is 0 Å². The summed E-state index contributed by atoms with van der Waals surface area (Å²) >= 11 is 0. The number of rotatable bonds is 5. The molecule has 1 aliphatic carbocycles. The number of hydrogen-bond acceptors (Lipinski definition) is 2. The third kappa shape index (κ3) is 3.76. The van der Waals surface area contributed by atoms with Crippen LogP contribution < -0.4 is 10.1 Å². The zero-order chi connectivity index (χ0) is 14.4. The molecule has 1 saturated carbocycles. The third-order valence-electron chi connectivity index (χ3n) is 4.75. The predicted octanol–water partition coefficient (Wildman–Crippen LogP) is 4.28. The molecule has 1 unspecified atom stereocenters. The Hall–Kier alpha value is -1.02. The van der Waals surface area contributed by atoms with Crippen molar-refractivity contribution in [1.82, 2.24) is 5.32 Å². The van der Waals surface area contributed by atoms with E-state index in [0.29, 0.717) is 5.92 Å². The minimum absolute atomic E-state index is 0.618. The van der Waals surface area contributed by atoms with E-state index in [4.69, 9.17) is 4.74 Å². The molecule has 0 aromatic heterocycles. The standard InChI is InChI=1S/C18H29NO/c1-14-10-11-16(12-18(14)20-3)17(13-19-2)15-8-6-4-5-7-9-15/h10-12,15,17,19H,4-9,13H2,1-3H3. The van der Waals surface area contributed by atoms with Crippen LogP contribution in [0.25, 0.3) is 0 Å². The lowest BCUT2D eigenvalue weighted by molar-refractivity contribution is 0.364. The average Bonchev–Trinajstić information content (AvgIpc) is 2.74. The highest BCUT2D eigenvalue weighted by molar-refractivity contribution is 5.38. The first-order valence-electron chi connectivity index (χ1n) is 8.05. The summed E-state index contributed by atoms with van der Waals surface area (Å²) in [6.07, 6.45) is 8.38. The van der Waals surface area contributed by atoms with Crippen LogP contribution in [0.2, 0.25) is 0 Å². The third-order valence-corrected chi connectivity index (χ3v) is 4.75. The lowest BCUT2D eigenvalue weighted by atomic mass is 9.81. The second-order valence-electron chi connectivity index (χ2n) is 6.14. The van der Waals surface area contributed by atoms with E-state index >= 15 is 0 Å². The molecule has 0 spiro atoms. The molecule has 1 atom stereocenters. The zero-order valence-corrected chi connectivity index (χ0v) is 13.2. The molecular formula is C18H29NO. The summed E-state index contributed by atoms with van der Waals surface area (Å²) in [6, 6.07) is 6.75. The fourth-order valence-electron chi connectivity index (χ4n) is 3.56. The number of ether oxygens (including phenoxy) is 1. The van der Waals surface area contributed by atoms with Crippen LogP contribution in [0.4, 0.5) is 0 Å². The lowest BCUT2D eigenvalue weighted by Gasteiger charge is -2.27. The summed E-state index contributed by atoms with van der Waals surface area (Å²) in [4.78, 5) is 0. The maximum Gasteiger partial charge on any atom is 0.122 e. The van der Waals surface area contributed by atoms with Crippen molar-refractivity contribution in [3.8, 4) is 5.75 Å². The second kappa shape index (κ2) is 7.68. The number of likely N-dealkylation sites (N-methyl/N-ethyl adjacent to an activating group) is 1. The van der Waals surface area contributed by atoms with Gasteiger partial charge in [-0.1, -0.05) is 37.8 Å². The number of benzene rings is 1. The van der Waals surface area contributed by atoms with Crippen molar-refractivity contribution in [1.29, 1.82) is 0 Å². The van der Waals surface area contributed by atoms with Gasteiger partial charge in [-0.15, -0.1) is 0 Å². The van der Waals surface area contributed by atoms with E-state index < -0.39 is 0 Å². The van der Waals surface area contributed by atoms with Gasteiger partial charge in [0.1, 0.15) is 5.75 Å². The fraction of sp³-hybridized carbons (Fsp3) is 0.667. The molecule has 1 fully saturated rings. The van der Waals surface area contributed by atoms with Crippen molar-refractivity contribution in [2.75, 3.05) is 20.7 Å². The van der Waals surface area contributed by atoms with Crippen molar-refractivity contribution in [3.63, 3.8) is 0 Å². The Morgan fingerprint density at radius 1 is 1.20 bits per heavy atom. The SMILES string of the molecule is CNCC(c1ccc(C)c(OC)c1)C1CCCCCC1. The highest BCUT2D eigenvalue weighted by atomic mass is 16.5. The van der Waals surface area contributed by atoms with Crippen LogP contribution in [0.15, 0.2) is 18.2 Å². The summed E-state index contributed by atoms with van der Waals surface area (Å²) in [5.41, 5.74) is 2.66.